The predicted molar refractivity (Wildman–Crippen MR) is 375 cm³/mol. The Morgan fingerprint density at radius 1 is 0.345 bits per heavy atom. The van der Waals surface area contributed by atoms with Crippen molar-refractivity contribution in [2.75, 3.05) is 9.80 Å². The number of nitrogens with zero attached hydrogens (tertiary/aromatic N) is 4. The van der Waals surface area contributed by atoms with E-state index in [0.29, 0.717) is 11.3 Å². The van der Waals surface area contributed by atoms with Gasteiger partial charge in [0, 0.05) is 33.9 Å². The van der Waals surface area contributed by atoms with Crippen LogP contribution in [0.4, 0.5) is 39.8 Å². The van der Waals surface area contributed by atoms with E-state index in [9.17, 15) is 5.26 Å². The Morgan fingerprint density at radius 3 is 1.05 bits per heavy atom. The lowest BCUT2D eigenvalue weighted by Crippen LogP contribution is -2.61. The summed E-state index contributed by atoms with van der Waals surface area (Å²) in [5, 5.41) is 13.9. The second-order valence-electron chi connectivity index (χ2n) is 25.1. The molecule has 14 rings (SSSR count). The molecule has 87 heavy (non-hydrogen) atoms. The van der Waals surface area contributed by atoms with Crippen LogP contribution in [-0.4, -0.2) is 22.9 Å². The first-order valence-corrected chi connectivity index (χ1v) is 37.0. The Labute approximate surface area is 514 Å². The Bertz CT molecular complexity index is 4330. The van der Waals surface area contributed by atoms with Crippen molar-refractivity contribution >= 4 is 89.4 Å². The zero-order valence-corrected chi connectivity index (χ0v) is 51.8. The molecule has 0 spiro atoms. The number of fused-ring (bicyclic) bond motifs is 4. The van der Waals surface area contributed by atoms with E-state index < -0.39 is 16.1 Å². The molecule has 0 fully saturated rings. The van der Waals surface area contributed by atoms with Gasteiger partial charge < -0.3 is 9.80 Å². The minimum atomic E-state index is -1.72. The van der Waals surface area contributed by atoms with Gasteiger partial charge in [-0.15, -0.1) is 0 Å². The molecule has 0 radical (unpaired) electrons. The van der Waals surface area contributed by atoms with Gasteiger partial charge in [-0.05, 0) is 132 Å². The van der Waals surface area contributed by atoms with Crippen molar-refractivity contribution in [3.8, 4) is 84.0 Å². The fourth-order valence-electron chi connectivity index (χ4n) is 13.2. The summed E-state index contributed by atoms with van der Waals surface area (Å²) in [5.74, 6) is 0. The predicted octanol–water partition coefficient (Wildman–Crippen LogP) is 19.0. The van der Waals surface area contributed by atoms with Gasteiger partial charge in [0.25, 0.3) is 6.71 Å². The standard InChI is InChI=1S/C80H63BN4Si2/c1-83-65-51-70(58-31-19-11-20-32-58)80(71(52-65)59-33-21-12-22-34-59)85-75-42-40-63(61-36-24-38-67(46-61)87(5,6)7)48-73(75)81-72-47-62(60-35-23-37-66(45-60)86(2,3)4)39-41-74(72)84(76-49-64(50-77(85)78(76)81)55-25-13-8-14-26-55)79-68(56-27-15-9-16-28-56)43-54(53-82)44-69(79)57-29-17-10-18-30-57/h8-52H,2-7H3. The maximum Gasteiger partial charge on any atom is 0.252 e. The van der Waals surface area contributed by atoms with Crippen LogP contribution in [0.5, 0.6) is 0 Å². The molecule has 4 nitrogen and oxygen atoms in total. The van der Waals surface area contributed by atoms with Gasteiger partial charge >= 0.3 is 0 Å². The van der Waals surface area contributed by atoms with Gasteiger partial charge in [-0.25, -0.2) is 4.85 Å². The quantitative estimate of drug-likeness (QED) is 0.0956. The first-order chi connectivity index (χ1) is 42.3. The summed E-state index contributed by atoms with van der Waals surface area (Å²) in [4.78, 5) is 9.30. The lowest BCUT2D eigenvalue weighted by atomic mass is 9.33. The van der Waals surface area contributed by atoms with E-state index in [1.807, 2.05) is 0 Å². The number of benzene rings is 12. The van der Waals surface area contributed by atoms with Gasteiger partial charge in [-0.3, -0.25) is 0 Å². The largest absolute Gasteiger partial charge is 0.310 e. The molecular weight excluding hydrogens is 1080 g/mol. The highest BCUT2D eigenvalue weighted by atomic mass is 28.3. The van der Waals surface area contributed by atoms with Crippen LogP contribution in [0, 0.1) is 17.9 Å². The second-order valence-corrected chi connectivity index (χ2v) is 35.3. The SMILES string of the molecule is [C-]#[N+]c1cc(-c2ccccc2)c(N2c3ccc(-c4cccc([Si](C)(C)C)c4)cc3B3c4cc(-c5cccc([Si](C)(C)C)c5)ccc4N(c4c(-c5ccccc5)cc(C#N)cc4-c4ccccc4)c4cc(-c5ccccc5)cc2c43)c(-c2ccccc2)c1. The van der Waals surface area contributed by atoms with Crippen LogP contribution in [0.15, 0.2) is 273 Å². The summed E-state index contributed by atoms with van der Waals surface area (Å²) in [6, 6.07) is 102. The lowest BCUT2D eigenvalue weighted by Gasteiger charge is -2.46. The van der Waals surface area contributed by atoms with Crippen LogP contribution in [0.1, 0.15) is 5.56 Å². The second kappa shape index (κ2) is 22.0. The fraction of sp³-hybridized carbons (Fsp3) is 0.0750. The third-order valence-electron chi connectivity index (χ3n) is 17.5. The van der Waals surface area contributed by atoms with E-state index in [1.54, 1.807) is 0 Å². The molecule has 0 aliphatic carbocycles. The van der Waals surface area contributed by atoms with Crippen LogP contribution in [0.3, 0.4) is 0 Å². The topological polar surface area (TPSA) is 34.6 Å². The minimum Gasteiger partial charge on any atom is -0.310 e. The molecular formula is C80H63BN4Si2. The van der Waals surface area contributed by atoms with Crippen LogP contribution >= 0.6 is 0 Å². The molecule has 12 aromatic carbocycles. The highest BCUT2D eigenvalue weighted by Crippen LogP contribution is 2.55. The summed E-state index contributed by atoms with van der Waals surface area (Å²) in [6.07, 6.45) is 0. The fourth-order valence-corrected chi connectivity index (χ4v) is 15.6. The number of hydrogen-bond donors (Lipinski definition) is 0. The molecule has 0 saturated carbocycles. The van der Waals surface area contributed by atoms with Crippen LogP contribution in [-0.2, 0) is 0 Å². The summed E-state index contributed by atoms with van der Waals surface area (Å²) in [6.45, 7) is 22.9. The van der Waals surface area contributed by atoms with Crippen molar-refractivity contribution in [3.63, 3.8) is 0 Å². The average Bonchev–Trinajstić information content (AvgIpc) is 0.723. The van der Waals surface area contributed by atoms with E-state index in [4.69, 9.17) is 6.57 Å². The maximum absolute atomic E-state index is 11.0. The normalized spacial score (nSPS) is 12.4. The number of nitriles is 1. The molecule has 0 aromatic heterocycles. The van der Waals surface area contributed by atoms with Crippen molar-refractivity contribution in [1.29, 1.82) is 5.26 Å². The summed E-state index contributed by atoms with van der Waals surface area (Å²) in [7, 11) is -3.45. The first kappa shape index (κ1) is 54.6. The number of rotatable bonds is 11. The molecule has 2 aliphatic heterocycles. The molecule has 0 saturated heterocycles. The molecule has 7 heteroatoms. The van der Waals surface area contributed by atoms with Gasteiger partial charge in [0.2, 0.25) is 0 Å². The highest BCUT2D eigenvalue weighted by molar-refractivity contribution is 7.00. The van der Waals surface area contributed by atoms with E-state index in [2.05, 4.69) is 333 Å². The molecule has 2 aliphatic rings. The van der Waals surface area contributed by atoms with E-state index >= 15 is 0 Å². The van der Waals surface area contributed by atoms with Crippen LogP contribution in [0.2, 0.25) is 39.3 Å². The number of anilines is 6. The lowest BCUT2D eigenvalue weighted by molar-refractivity contribution is 1.25. The average molecular weight is 1150 g/mol. The van der Waals surface area contributed by atoms with E-state index in [1.165, 1.54) is 32.4 Å². The Balaban J connectivity index is 1.19. The summed E-state index contributed by atoms with van der Waals surface area (Å²) < 4.78 is 0. The zero-order chi connectivity index (χ0) is 59.6. The van der Waals surface area contributed by atoms with Gasteiger partial charge in [0.05, 0.1) is 45.7 Å². The number of hydrogen-bond acceptors (Lipinski definition) is 3. The van der Waals surface area contributed by atoms with Crippen molar-refractivity contribution in [2.45, 2.75) is 39.3 Å². The van der Waals surface area contributed by atoms with Gasteiger partial charge in [-0.1, -0.05) is 274 Å². The van der Waals surface area contributed by atoms with Gasteiger partial charge in [0.15, 0.2) is 5.69 Å². The molecule has 0 amide bonds. The minimum absolute atomic E-state index is 0.279. The van der Waals surface area contributed by atoms with E-state index in [-0.39, 0.29) is 6.71 Å². The van der Waals surface area contributed by atoms with E-state index in [0.717, 1.165) is 106 Å². The molecule has 0 unspecified atom stereocenters. The van der Waals surface area contributed by atoms with Gasteiger partial charge in [-0.2, -0.15) is 5.26 Å². The third kappa shape index (κ3) is 9.92. The molecule has 414 valence electrons. The molecule has 2 heterocycles. The smallest absolute Gasteiger partial charge is 0.252 e. The maximum atomic E-state index is 11.0. The van der Waals surface area contributed by atoms with Crippen molar-refractivity contribution in [1.82, 2.24) is 0 Å². The van der Waals surface area contributed by atoms with Gasteiger partial charge in [0.1, 0.15) is 0 Å². The van der Waals surface area contributed by atoms with Crippen LogP contribution in [0.25, 0.3) is 82.7 Å². The summed E-state index contributed by atoms with van der Waals surface area (Å²) in [5.41, 5.74) is 25.6. The molecule has 12 aromatic rings. The Hall–Kier alpha value is -10.3. The highest BCUT2D eigenvalue weighted by Gasteiger charge is 2.46. The summed E-state index contributed by atoms with van der Waals surface area (Å²) >= 11 is 0. The van der Waals surface area contributed by atoms with Crippen molar-refractivity contribution in [2.24, 2.45) is 0 Å². The first-order valence-electron chi connectivity index (χ1n) is 30.0. The van der Waals surface area contributed by atoms with Crippen LogP contribution < -0.4 is 36.6 Å². The molecule has 0 N–H and O–H groups in total. The van der Waals surface area contributed by atoms with Crippen molar-refractivity contribution < 1.29 is 0 Å². The monoisotopic (exact) mass is 1150 g/mol. The van der Waals surface area contributed by atoms with Crippen molar-refractivity contribution in [3.05, 3.63) is 290 Å². The Morgan fingerprint density at radius 2 is 0.690 bits per heavy atom. The Kier molecular flexibility index (Phi) is 13.8. The third-order valence-corrected chi connectivity index (χ3v) is 21.6. The molecule has 0 atom stereocenters. The zero-order valence-electron chi connectivity index (χ0n) is 49.8. The molecule has 0 bridgehead atoms.